The van der Waals surface area contributed by atoms with Crippen LogP contribution in [0.3, 0.4) is 0 Å². The molecule has 3 aromatic rings. The average Bonchev–Trinajstić information content (AvgIpc) is 3.06. The molecule has 0 aliphatic heterocycles. The maximum Gasteiger partial charge on any atom is 0.267 e. The molecule has 5 nitrogen and oxygen atoms in total. The third kappa shape index (κ3) is 4.23. The number of carbonyl (C=O) groups is 1. The molecule has 0 unspecified atom stereocenters. The number of ether oxygens (including phenoxy) is 1. The van der Waals surface area contributed by atoms with Gasteiger partial charge in [-0.15, -0.1) is 0 Å². The molecule has 6 heteroatoms. The summed E-state index contributed by atoms with van der Waals surface area (Å²) in [4.78, 5) is 12.2. The largest absolute Gasteiger partial charge is 0.481 e. The number of nitrogens with zero attached hydrogens (tertiary/aromatic N) is 1. The number of hydrogen-bond acceptors (Lipinski definition) is 4. The summed E-state index contributed by atoms with van der Waals surface area (Å²) in [5, 5.41) is 6.56. The lowest BCUT2D eigenvalue weighted by atomic mass is 10.1. The SMILES string of the molecule is Cc1ccc(-c2cc(NC(=O)[C@@H](C)Oc3ccc(F)cc3)on2)cc1. The van der Waals surface area contributed by atoms with Gasteiger partial charge in [-0.1, -0.05) is 35.0 Å². The molecule has 1 heterocycles. The van der Waals surface area contributed by atoms with E-state index in [1.165, 1.54) is 24.3 Å². The molecule has 1 atom stereocenters. The van der Waals surface area contributed by atoms with Crippen molar-refractivity contribution in [2.75, 3.05) is 5.32 Å². The first-order chi connectivity index (χ1) is 12.0. The van der Waals surface area contributed by atoms with Crippen LogP contribution in [0.1, 0.15) is 12.5 Å². The molecule has 0 spiro atoms. The van der Waals surface area contributed by atoms with Crippen LogP contribution >= 0.6 is 0 Å². The third-order valence-corrected chi connectivity index (χ3v) is 3.60. The first kappa shape index (κ1) is 16.7. The molecule has 0 saturated carbocycles. The van der Waals surface area contributed by atoms with Gasteiger partial charge in [-0.2, -0.15) is 0 Å². The minimum absolute atomic E-state index is 0.232. The summed E-state index contributed by atoms with van der Waals surface area (Å²) >= 11 is 0. The van der Waals surface area contributed by atoms with Crippen molar-refractivity contribution in [1.29, 1.82) is 0 Å². The second-order valence-corrected chi connectivity index (χ2v) is 5.65. The Bertz CT molecular complexity index is 857. The molecule has 0 bridgehead atoms. The Kier molecular flexibility index (Phi) is 4.79. The Morgan fingerprint density at radius 3 is 2.52 bits per heavy atom. The second-order valence-electron chi connectivity index (χ2n) is 5.65. The van der Waals surface area contributed by atoms with E-state index < -0.39 is 12.0 Å². The summed E-state index contributed by atoms with van der Waals surface area (Å²) in [6.07, 6.45) is -0.779. The molecule has 128 valence electrons. The van der Waals surface area contributed by atoms with E-state index >= 15 is 0 Å². The van der Waals surface area contributed by atoms with Crippen LogP contribution in [0.15, 0.2) is 59.1 Å². The van der Waals surface area contributed by atoms with Crippen molar-refractivity contribution in [1.82, 2.24) is 5.16 Å². The third-order valence-electron chi connectivity index (χ3n) is 3.60. The quantitative estimate of drug-likeness (QED) is 0.756. The number of anilines is 1. The van der Waals surface area contributed by atoms with Crippen molar-refractivity contribution in [3.8, 4) is 17.0 Å². The van der Waals surface area contributed by atoms with E-state index in [0.717, 1.165) is 11.1 Å². The van der Waals surface area contributed by atoms with Crippen LogP contribution in [0.4, 0.5) is 10.3 Å². The molecule has 3 rings (SSSR count). The fourth-order valence-electron chi connectivity index (χ4n) is 2.19. The molecule has 1 amide bonds. The van der Waals surface area contributed by atoms with Gasteiger partial charge in [-0.05, 0) is 38.1 Å². The summed E-state index contributed by atoms with van der Waals surface area (Å²) in [6, 6.07) is 14.9. The van der Waals surface area contributed by atoms with Crippen molar-refractivity contribution in [2.45, 2.75) is 20.0 Å². The number of rotatable bonds is 5. The Balaban J connectivity index is 1.62. The highest BCUT2D eigenvalue weighted by molar-refractivity contribution is 5.93. The number of aromatic nitrogens is 1. The van der Waals surface area contributed by atoms with E-state index in [-0.39, 0.29) is 11.7 Å². The zero-order chi connectivity index (χ0) is 17.8. The minimum atomic E-state index is -0.779. The molecule has 0 radical (unpaired) electrons. The minimum Gasteiger partial charge on any atom is -0.481 e. The first-order valence-electron chi connectivity index (χ1n) is 7.78. The van der Waals surface area contributed by atoms with E-state index in [1.807, 2.05) is 31.2 Å². The molecular weight excluding hydrogens is 323 g/mol. The molecule has 1 aromatic heterocycles. The van der Waals surface area contributed by atoms with Crippen molar-refractivity contribution in [3.63, 3.8) is 0 Å². The highest BCUT2D eigenvalue weighted by atomic mass is 19.1. The zero-order valence-electron chi connectivity index (χ0n) is 13.8. The maximum absolute atomic E-state index is 12.9. The van der Waals surface area contributed by atoms with Crippen molar-refractivity contribution < 1.29 is 18.4 Å². The van der Waals surface area contributed by atoms with E-state index in [9.17, 15) is 9.18 Å². The topological polar surface area (TPSA) is 64.4 Å². The van der Waals surface area contributed by atoms with E-state index in [0.29, 0.717) is 11.4 Å². The fraction of sp³-hybridized carbons (Fsp3) is 0.158. The number of nitrogens with one attached hydrogen (secondary N) is 1. The van der Waals surface area contributed by atoms with Crippen LogP contribution in [-0.2, 0) is 4.79 Å². The number of amides is 1. The second kappa shape index (κ2) is 7.17. The summed E-state index contributed by atoms with van der Waals surface area (Å²) in [7, 11) is 0. The zero-order valence-corrected chi connectivity index (χ0v) is 13.8. The van der Waals surface area contributed by atoms with Crippen molar-refractivity contribution >= 4 is 11.8 Å². The summed E-state index contributed by atoms with van der Waals surface area (Å²) in [6.45, 7) is 3.59. The molecule has 1 N–H and O–H groups in total. The number of halogens is 1. The number of benzene rings is 2. The van der Waals surface area contributed by atoms with Crippen LogP contribution < -0.4 is 10.1 Å². The standard InChI is InChI=1S/C19H17FN2O3/c1-12-3-5-14(6-4-12)17-11-18(25-22-17)21-19(23)13(2)24-16-9-7-15(20)8-10-16/h3-11,13H,1-2H3,(H,21,23)/t13-/m1/s1. The number of aryl methyl sites for hydroxylation is 1. The van der Waals surface area contributed by atoms with Gasteiger partial charge in [0.2, 0.25) is 5.88 Å². The van der Waals surface area contributed by atoms with Crippen LogP contribution in [0, 0.1) is 12.7 Å². The van der Waals surface area contributed by atoms with E-state index in [1.54, 1.807) is 13.0 Å². The van der Waals surface area contributed by atoms with Gasteiger partial charge >= 0.3 is 0 Å². The monoisotopic (exact) mass is 340 g/mol. The van der Waals surface area contributed by atoms with Gasteiger partial charge in [0.1, 0.15) is 17.3 Å². The number of carbonyl (C=O) groups excluding carboxylic acids is 1. The Hall–Kier alpha value is -3.15. The Morgan fingerprint density at radius 2 is 1.84 bits per heavy atom. The lowest BCUT2D eigenvalue weighted by molar-refractivity contribution is -0.122. The molecule has 0 aliphatic carbocycles. The average molecular weight is 340 g/mol. The predicted molar refractivity (Wildman–Crippen MR) is 91.8 cm³/mol. The van der Waals surface area contributed by atoms with Crippen LogP contribution in [0.2, 0.25) is 0 Å². The summed E-state index contributed by atoms with van der Waals surface area (Å²) in [5.74, 6) is -0.122. The molecule has 25 heavy (non-hydrogen) atoms. The maximum atomic E-state index is 12.9. The van der Waals surface area contributed by atoms with Gasteiger partial charge < -0.3 is 9.26 Å². The highest BCUT2D eigenvalue weighted by Crippen LogP contribution is 2.22. The predicted octanol–water partition coefficient (Wildman–Crippen LogP) is 4.20. The Morgan fingerprint density at radius 1 is 1.16 bits per heavy atom. The van der Waals surface area contributed by atoms with Gasteiger partial charge in [0.05, 0.1) is 0 Å². The van der Waals surface area contributed by atoms with Gasteiger partial charge in [-0.3, -0.25) is 10.1 Å². The van der Waals surface area contributed by atoms with Gasteiger partial charge in [0.25, 0.3) is 5.91 Å². The van der Waals surface area contributed by atoms with Crippen LogP contribution in [0.25, 0.3) is 11.3 Å². The van der Waals surface area contributed by atoms with Gasteiger partial charge in [0, 0.05) is 11.6 Å². The van der Waals surface area contributed by atoms with E-state index in [4.69, 9.17) is 9.26 Å². The summed E-state index contributed by atoms with van der Waals surface area (Å²) in [5.41, 5.74) is 2.67. The van der Waals surface area contributed by atoms with Gasteiger partial charge in [-0.25, -0.2) is 4.39 Å². The van der Waals surface area contributed by atoms with Crippen molar-refractivity contribution in [3.05, 3.63) is 66.0 Å². The van der Waals surface area contributed by atoms with Crippen LogP contribution in [-0.4, -0.2) is 17.2 Å². The van der Waals surface area contributed by atoms with Crippen LogP contribution in [0.5, 0.6) is 5.75 Å². The number of hydrogen-bond donors (Lipinski definition) is 1. The smallest absolute Gasteiger partial charge is 0.267 e. The van der Waals surface area contributed by atoms with E-state index in [2.05, 4.69) is 10.5 Å². The lowest BCUT2D eigenvalue weighted by Crippen LogP contribution is -2.29. The molecule has 0 saturated heterocycles. The lowest BCUT2D eigenvalue weighted by Gasteiger charge is -2.13. The van der Waals surface area contributed by atoms with Crippen molar-refractivity contribution in [2.24, 2.45) is 0 Å². The first-order valence-corrected chi connectivity index (χ1v) is 7.78. The molecule has 2 aromatic carbocycles. The van der Waals surface area contributed by atoms with Gasteiger partial charge in [0.15, 0.2) is 6.10 Å². The summed E-state index contributed by atoms with van der Waals surface area (Å²) < 4.78 is 23.5. The molecule has 0 aliphatic rings. The molecular formula is C19H17FN2O3. The highest BCUT2D eigenvalue weighted by Gasteiger charge is 2.17. The normalized spacial score (nSPS) is 11.8. The fourth-order valence-corrected chi connectivity index (χ4v) is 2.19. The Labute approximate surface area is 144 Å². The molecule has 0 fully saturated rings.